The highest BCUT2D eigenvalue weighted by Gasteiger charge is 2.25. The number of halogens is 2. The molecular formula is C15H9Br2N3O2. The van der Waals surface area contributed by atoms with Crippen molar-refractivity contribution < 1.29 is 9.90 Å². The van der Waals surface area contributed by atoms with Gasteiger partial charge in [0.05, 0.1) is 20.8 Å². The molecule has 0 saturated carbocycles. The summed E-state index contributed by atoms with van der Waals surface area (Å²) in [6.45, 7) is 0. The van der Waals surface area contributed by atoms with Crippen molar-refractivity contribution in [3.05, 3.63) is 56.5 Å². The van der Waals surface area contributed by atoms with Crippen molar-refractivity contribution >= 4 is 55.4 Å². The van der Waals surface area contributed by atoms with E-state index in [2.05, 4.69) is 47.4 Å². The van der Waals surface area contributed by atoms with Crippen molar-refractivity contribution in [2.75, 3.05) is 5.32 Å². The lowest BCUT2D eigenvalue weighted by atomic mass is 10.1. The monoisotopic (exact) mass is 421 g/mol. The highest BCUT2D eigenvalue weighted by Crippen LogP contribution is 2.32. The zero-order valence-corrected chi connectivity index (χ0v) is 14.2. The molecule has 0 bridgehead atoms. The molecule has 1 aliphatic heterocycles. The third kappa shape index (κ3) is 2.82. The van der Waals surface area contributed by atoms with Crippen molar-refractivity contribution in [1.29, 1.82) is 0 Å². The van der Waals surface area contributed by atoms with Gasteiger partial charge in [0.25, 0.3) is 5.91 Å². The molecule has 110 valence electrons. The van der Waals surface area contributed by atoms with Crippen LogP contribution in [0.5, 0.6) is 5.75 Å². The summed E-state index contributed by atoms with van der Waals surface area (Å²) < 4.78 is 1.08. The summed E-state index contributed by atoms with van der Waals surface area (Å²) >= 11 is 6.49. The minimum absolute atomic E-state index is 0.118. The van der Waals surface area contributed by atoms with Crippen LogP contribution in [0.4, 0.5) is 5.69 Å². The lowest BCUT2D eigenvalue weighted by Gasteiger charge is -2.01. The highest BCUT2D eigenvalue weighted by molar-refractivity contribution is 9.11. The Morgan fingerprint density at radius 3 is 2.55 bits per heavy atom. The molecule has 0 saturated heterocycles. The molecule has 1 amide bonds. The van der Waals surface area contributed by atoms with Crippen molar-refractivity contribution in [3.8, 4) is 5.75 Å². The van der Waals surface area contributed by atoms with Crippen LogP contribution in [0.1, 0.15) is 11.1 Å². The lowest BCUT2D eigenvalue weighted by Crippen LogP contribution is -2.13. The topological polar surface area (TPSA) is 74.0 Å². The summed E-state index contributed by atoms with van der Waals surface area (Å²) in [5, 5.41) is 20.4. The first-order valence-electron chi connectivity index (χ1n) is 6.26. The SMILES string of the molecule is O=C1Nc2ccccc2/C1=N/N=C/c1cc(Br)c(O)c(Br)c1. The van der Waals surface area contributed by atoms with Gasteiger partial charge in [0.2, 0.25) is 0 Å². The Kier molecular flexibility index (Phi) is 4.08. The van der Waals surface area contributed by atoms with Crippen molar-refractivity contribution in [2.45, 2.75) is 0 Å². The molecule has 0 spiro atoms. The third-order valence-electron chi connectivity index (χ3n) is 3.05. The Morgan fingerprint density at radius 1 is 1.14 bits per heavy atom. The summed E-state index contributed by atoms with van der Waals surface area (Å²) in [6.07, 6.45) is 1.51. The van der Waals surface area contributed by atoms with Gasteiger partial charge in [-0.1, -0.05) is 18.2 Å². The first-order chi connectivity index (χ1) is 10.6. The molecule has 0 aliphatic carbocycles. The van der Waals surface area contributed by atoms with Gasteiger partial charge in [-0.25, -0.2) is 0 Å². The van der Waals surface area contributed by atoms with Crippen LogP contribution in [-0.2, 0) is 4.79 Å². The Hall–Kier alpha value is -1.99. The fourth-order valence-corrected chi connectivity index (χ4v) is 3.24. The molecule has 5 nitrogen and oxygen atoms in total. The van der Waals surface area contributed by atoms with Gasteiger partial charge < -0.3 is 10.4 Å². The number of phenolic OH excluding ortho intramolecular Hbond substituents is 1. The molecule has 2 aromatic carbocycles. The summed E-state index contributed by atoms with van der Waals surface area (Å²) in [4.78, 5) is 11.9. The third-order valence-corrected chi connectivity index (χ3v) is 4.26. The van der Waals surface area contributed by atoms with Gasteiger partial charge >= 0.3 is 0 Å². The maximum Gasteiger partial charge on any atom is 0.276 e. The Balaban J connectivity index is 1.90. The van der Waals surface area contributed by atoms with Gasteiger partial charge in [-0.3, -0.25) is 4.79 Å². The number of amides is 1. The number of benzene rings is 2. The lowest BCUT2D eigenvalue weighted by molar-refractivity contribution is -0.110. The van der Waals surface area contributed by atoms with Gasteiger partial charge in [-0.2, -0.15) is 5.10 Å². The first-order valence-corrected chi connectivity index (χ1v) is 7.84. The molecular weight excluding hydrogens is 414 g/mol. The number of para-hydroxylation sites is 1. The van der Waals surface area contributed by atoms with Crippen molar-refractivity contribution in [3.63, 3.8) is 0 Å². The first kappa shape index (κ1) is 14.9. The number of nitrogens with zero attached hydrogens (tertiary/aromatic N) is 2. The summed E-state index contributed by atoms with van der Waals surface area (Å²) in [7, 11) is 0. The molecule has 0 aromatic heterocycles. The normalized spacial score (nSPS) is 15.4. The van der Waals surface area contributed by atoms with E-state index in [-0.39, 0.29) is 17.4 Å². The summed E-state index contributed by atoms with van der Waals surface area (Å²) in [6, 6.07) is 10.7. The van der Waals surface area contributed by atoms with E-state index in [9.17, 15) is 9.90 Å². The Morgan fingerprint density at radius 2 is 1.82 bits per heavy atom. The van der Waals surface area contributed by atoms with E-state index >= 15 is 0 Å². The summed E-state index contributed by atoms with van der Waals surface area (Å²) in [5.41, 5.74) is 2.48. The molecule has 0 radical (unpaired) electrons. The van der Waals surface area contributed by atoms with Crippen molar-refractivity contribution in [2.24, 2.45) is 10.2 Å². The van der Waals surface area contributed by atoms with Crippen LogP contribution >= 0.6 is 31.9 Å². The second kappa shape index (κ2) is 6.02. The number of hydrogen-bond acceptors (Lipinski definition) is 4. The van der Waals surface area contributed by atoms with E-state index in [1.54, 1.807) is 12.1 Å². The predicted octanol–water partition coefficient (Wildman–Crippen LogP) is 3.69. The van der Waals surface area contributed by atoms with Crippen LogP contribution in [0.3, 0.4) is 0 Å². The molecule has 1 aliphatic rings. The van der Waals surface area contributed by atoms with Gasteiger partial charge in [-0.05, 0) is 55.6 Å². The number of carbonyl (C=O) groups is 1. The molecule has 7 heteroatoms. The molecule has 0 fully saturated rings. The van der Waals surface area contributed by atoms with Crippen LogP contribution in [0.15, 0.2) is 55.5 Å². The van der Waals surface area contributed by atoms with Gasteiger partial charge in [0.15, 0.2) is 5.71 Å². The summed E-state index contributed by atoms with van der Waals surface area (Å²) in [5.74, 6) is -0.154. The average molecular weight is 423 g/mol. The van der Waals surface area contributed by atoms with Gasteiger partial charge in [0.1, 0.15) is 5.75 Å². The van der Waals surface area contributed by atoms with E-state index in [4.69, 9.17) is 0 Å². The number of rotatable bonds is 2. The van der Waals surface area contributed by atoms with Crippen LogP contribution in [0, 0.1) is 0 Å². The van der Waals surface area contributed by atoms with E-state index in [1.165, 1.54) is 6.21 Å². The smallest absolute Gasteiger partial charge is 0.276 e. The minimum Gasteiger partial charge on any atom is -0.506 e. The van der Waals surface area contributed by atoms with Crippen LogP contribution < -0.4 is 5.32 Å². The van der Waals surface area contributed by atoms with E-state index < -0.39 is 0 Å². The Labute approximate surface area is 143 Å². The minimum atomic E-state index is -0.272. The predicted molar refractivity (Wildman–Crippen MR) is 92.7 cm³/mol. The molecule has 22 heavy (non-hydrogen) atoms. The standard InChI is InChI=1S/C15H9Br2N3O2/c16-10-5-8(6-11(17)14(10)21)7-18-20-13-9-3-1-2-4-12(9)19-15(13)22/h1-7,21H,(H,19,20,22)/b18-7+. The highest BCUT2D eigenvalue weighted by atomic mass is 79.9. The fraction of sp³-hybridized carbons (Fsp3) is 0. The second-order valence-electron chi connectivity index (χ2n) is 4.53. The second-order valence-corrected chi connectivity index (χ2v) is 6.23. The number of anilines is 1. The van der Waals surface area contributed by atoms with E-state index in [1.807, 2.05) is 24.3 Å². The number of nitrogens with one attached hydrogen (secondary N) is 1. The zero-order valence-electron chi connectivity index (χ0n) is 11.0. The number of fused-ring (bicyclic) bond motifs is 1. The quantitative estimate of drug-likeness (QED) is 0.572. The Bertz CT molecular complexity index is 808. The number of carbonyl (C=O) groups excluding carboxylic acids is 1. The molecule has 2 aromatic rings. The maximum atomic E-state index is 11.9. The van der Waals surface area contributed by atoms with Crippen LogP contribution in [-0.4, -0.2) is 22.9 Å². The van der Waals surface area contributed by atoms with E-state index in [0.29, 0.717) is 8.95 Å². The van der Waals surface area contributed by atoms with E-state index in [0.717, 1.165) is 16.8 Å². The number of phenols is 1. The molecule has 1 heterocycles. The van der Waals surface area contributed by atoms with Crippen LogP contribution in [0.2, 0.25) is 0 Å². The average Bonchev–Trinajstić information content (AvgIpc) is 2.81. The fourth-order valence-electron chi connectivity index (χ4n) is 2.01. The zero-order chi connectivity index (χ0) is 15.7. The molecule has 0 atom stereocenters. The number of aromatic hydroxyl groups is 1. The number of hydrogen-bond donors (Lipinski definition) is 2. The largest absolute Gasteiger partial charge is 0.506 e. The molecule has 3 rings (SSSR count). The maximum absolute atomic E-state index is 11.9. The van der Waals surface area contributed by atoms with Crippen molar-refractivity contribution in [1.82, 2.24) is 0 Å². The molecule has 2 N–H and O–H groups in total. The van der Waals surface area contributed by atoms with Gasteiger partial charge in [0, 0.05) is 5.56 Å². The van der Waals surface area contributed by atoms with Gasteiger partial charge in [-0.15, -0.1) is 5.10 Å². The van der Waals surface area contributed by atoms with Crippen LogP contribution in [0.25, 0.3) is 0 Å². The molecule has 0 unspecified atom stereocenters.